The van der Waals surface area contributed by atoms with Crippen molar-refractivity contribution in [3.8, 4) is 11.5 Å². The second-order valence-electron chi connectivity index (χ2n) is 4.49. The summed E-state index contributed by atoms with van der Waals surface area (Å²) in [5.74, 6) is 1.22. The fourth-order valence-electron chi connectivity index (χ4n) is 2.13. The molecule has 3 rings (SSSR count). The lowest BCUT2D eigenvalue weighted by Gasteiger charge is -2.09. The lowest BCUT2D eigenvalue weighted by Crippen LogP contribution is -2.13. The first kappa shape index (κ1) is 13.2. The van der Waals surface area contributed by atoms with E-state index in [0.29, 0.717) is 18.1 Å². The molecule has 1 N–H and O–H groups in total. The number of hydrogen-bond acceptors (Lipinski definition) is 3. The van der Waals surface area contributed by atoms with Gasteiger partial charge in [-0.05, 0) is 23.8 Å². The normalized spacial score (nSPS) is 12.7. The van der Waals surface area contributed by atoms with Gasteiger partial charge in [0.15, 0.2) is 11.5 Å². The van der Waals surface area contributed by atoms with E-state index in [1.54, 1.807) is 6.07 Å². The van der Waals surface area contributed by atoms with Crippen molar-refractivity contribution in [2.45, 2.75) is 13.1 Å². The van der Waals surface area contributed by atoms with Crippen LogP contribution in [0, 0.1) is 5.82 Å². The smallest absolute Gasteiger partial charge is 0.231 e. The summed E-state index contributed by atoms with van der Waals surface area (Å²) in [6.07, 6.45) is 0. The van der Waals surface area contributed by atoms with Crippen LogP contribution in [-0.2, 0) is 13.1 Å². The van der Waals surface area contributed by atoms with Crippen LogP contribution in [0.4, 0.5) is 4.39 Å². The molecule has 20 heavy (non-hydrogen) atoms. The van der Waals surface area contributed by atoms with Crippen LogP contribution >= 0.6 is 11.6 Å². The van der Waals surface area contributed by atoms with Crippen molar-refractivity contribution in [2.24, 2.45) is 0 Å². The molecule has 0 amide bonds. The highest BCUT2D eigenvalue weighted by molar-refractivity contribution is 6.31. The van der Waals surface area contributed by atoms with Gasteiger partial charge in [-0.1, -0.05) is 29.8 Å². The second-order valence-corrected chi connectivity index (χ2v) is 4.90. The van der Waals surface area contributed by atoms with E-state index in [-0.39, 0.29) is 12.6 Å². The first-order valence-electron chi connectivity index (χ1n) is 6.26. The molecular formula is C15H13ClFNO2. The molecule has 0 aromatic heterocycles. The fraction of sp³-hybridized carbons (Fsp3) is 0.200. The largest absolute Gasteiger partial charge is 0.454 e. The summed E-state index contributed by atoms with van der Waals surface area (Å²) >= 11 is 5.98. The Morgan fingerprint density at radius 3 is 2.80 bits per heavy atom. The molecule has 1 aliphatic rings. The Balaban J connectivity index is 1.64. The molecule has 1 heterocycles. The number of hydrogen-bond donors (Lipinski definition) is 1. The highest BCUT2D eigenvalue weighted by Gasteiger charge is 2.16. The maximum atomic E-state index is 12.9. The molecule has 5 heteroatoms. The van der Waals surface area contributed by atoms with Gasteiger partial charge in [0, 0.05) is 23.7 Å². The first-order valence-corrected chi connectivity index (χ1v) is 6.64. The van der Waals surface area contributed by atoms with E-state index in [2.05, 4.69) is 5.32 Å². The number of rotatable bonds is 4. The molecule has 0 aliphatic carbocycles. The average molecular weight is 294 g/mol. The van der Waals surface area contributed by atoms with Crippen LogP contribution < -0.4 is 14.8 Å². The van der Waals surface area contributed by atoms with Crippen LogP contribution in [-0.4, -0.2) is 6.79 Å². The highest BCUT2D eigenvalue weighted by Crippen LogP contribution is 2.35. The summed E-state index contributed by atoms with van der Waals surface area (Å²) in [6.45, 7) is 1.44. The third kappa shape index (κ3) is 2.71. The highest BCUT2D eigenvalue weighted by atomic mass is 35.5. The van der Waals surface area contributed by atoms with Crippen LogP contribution in [0.1, 0.15) is 11.1 Å². The molecule has 0 saturated heterocycles. The van der Waals surface area contributed by atoms with E-state index in [1.807, 2.05) is 18.2 Å². The zero-order chi connectivity index (χ0) is 13.9. The number of ether oxygens (including phenoxy) is 2. The minimum absolute atomic E-state index is 0.260. The molecule has 1 aliphatic heterocycles. The number of benzene rings is 2. The molecule has 104 valence electrons. The Morgan fingerprint density at radius 1 is 1.10 bits per heavy atom. The Morgan fingerprint density at radius 2 is 1.95 bits per heavy atom. The lowest BCUT2D eigenvalue weighted by molar-refractivity contribution is 0.173. The predicted molar refractivity (Wildman–Crippen MR) is 74.5 cm³/mol. The monoisotopic (exact) mass is 293 g/mol. The predicted octanol–water partition coefficient (Wildman–Crippen LogP) is 3.50. The van der Waals surface area contributed by atoms with Gasteiger partial charge in [0.2, 0.25) is 6.79 Å². The van der Waals surface area contributed by atoms with Gasteiger partial charge in [-0.15, -0.1) is 0 Å². The summed E-state index contributed by atoms with van der Waals surface area (Å²) in [6, 6.07) is 10.2. The van der Waals surface area contributed by atoms with E-state index in [4.69, 9.17) is 21.1 Å². The van der Waals surface area contributed by atoms with E-state index >= 15 is 0 Å². The lowest BCUT2D eigenvalue weighted by atomic mass is 10.1. The van der Waals surface area contributed by atoms with Crippen molar-refractivity contribution in [1.82, 2.24) is 5.32 Å². The van der Waals surface area contributed by atoms with Crippen molar-refractivity contribution >= 4 is 11.6 Å². The second kappa shape index (κ2) is 5.69. The molecule has 0 saturated carbocycles. The van der Waals surface area contributed by atoms with Gasteiger partial charge in [0.25, 0.3) is 0 Å². The molecule has 0 fully saturated rings. The Bertz CT molecular complexity index is 633. The van der Waals surface area contributed by atoms with E-state index in [1.165, 1.54) is 12.1 Å². The number of nitrogens with one attached hydrogen (secondary N) is 1. The average Bonchev–Trinajstić information content (AvgIpc) is 2.90. The molecule has 0 bridgehead atoms. The van der Waals surface area contributed by atoms with Crippen molar-refractivity contribution in [1.29, 1.82) is 0 Å². The maximum absolute atomic E-state index is 12.9. The quantitative estimate of drug-likeness (QED) is 0.936. The van der Waals surface area contributed by atoms with Gasteiger partial charge in [-0.25, -0.2) is 4.39 Å². The Hall–Kier alpha value is -1.78. The molecular weight excluding hydrogens is 281 g/mol. The van der Waals surface area contributed by atoms with Crippen LogP contribution in [0.3, 0.4) is 0 Å². The van der Waals surface area contributed by atoms with E-state index in [9.17, 15) is 4.39 Å². The van der Waals surface area contributed by atoms with Gasteiger partial charge >= 0.3 is 0 Å². The first-order chi connectivity index (χ1) is 9.74. The van der Waals surface area contributed by atoms with Gasteiger partial charge < -0.3 is 14.8 Å². The third-order valence-corrected chi connectivity index (χ3v) is 3.48. The molecule has 0 unspecified atom stereocenters. The van der Waals surface area contributed by atoms with Gasteiger partial charge in [0.05, 0.1) is 0 Å². The molecule has 0 radical (unpaired) electrons. The van der Waals surface area contributed by atoms with Crippen molar-refractivity contribution in [3.63, 3.8) is 0 Å². The number of halogens is 2. The Labute approximate surface area is 121 Å². The van der Waals surface area contributed by atoms with Crippen LogP contribution in [0.15, 0.2) is 36.4 Å². The minimum Gasteiger partial charge on any atom is -0.454 e. The molecule has 2 aromatic carbocycles. The Kier molecular flexibility index (Phi) is 3.76. The molecule has 0 spiro atoms. The van der Waals surface area contributed by atoms with Gasteiger partial charge in [0.1, 0.15) is 5.82 Å². The van der Waals surface area contributed by atoms with E-state index in [0.717, 1.165) is 22.6 Å². The molecule has 0 atom stereocenters. The van der Waals surface area contributed by atoms with Crippen molar-refractivity contribution in [2.75, 3.05) is 6.79 Å². The topological polar surface area (TPSA) is 30.5 Å². The van der Waals surface area contributed by atoms with Gasteiger partial charge in [-0.2, -0.15) is 0 Å². The summed E-state index contributed by atoms with van der Waals surface area (Å²) in [7, 11) is 0. The number of fused-ring (bicyclic) bond motifs is 1. The van der Waals surface area contributed by atoms with Crippen molar-refractivity contribution in [3.05, 3.63) is 58.4 Å². The van der Waals surface area contributed by atoms with Gasteiger partial charge in [-0.3, -0.25) is 0 Å². The van der Waals surface area contributed by atoms with Crippen molar-refractivity contribution < 1.29 is 13.9 Å². The number of para-hydroxylation sites is 1. The summed E-state index contributed by atoms with van der Waals surface area (Å²) < 4.78 is 23.7. The summed E-state index contributed by atoms with van der Waals surface area (Å²) in [5, 5.41) is 3.69. The third-order valence-electron chi connectivity index (χ3n) is 3.12. The SMILES string of the molecule is Fc1ccc(CNCc2cccc3c2OCO3)c(Cl)c1. The zero-order valence-corrected chi connectivity index (χ0v) is 11.4. The minimum atomic E-state index is -0.329. The maximum Gasteiger partial charge on any atom is 0.231 e. The zero-order valence-electron chi connectivity index (χ0n) is 10.7. The molecule has 2 aromatic rings. The molecule has 3 nitrogen and oxygen atoms in total. The van der Waals surface area contributed by atoms with E-state index < -0.39 is 0 Å². The van der Waals surface area contributed by atoms with Crippen LogP contribution in [0.2, 0.25) is 5.02 Å². The summed E-state index contributed by atoms with van der Waals surface area (Å²) in [4.78, 5) is 0. The fourth-order valence-corrected chi connectivity index (χ4v) is 2.36. The van der Waals surface area contributed by atoms with Crippen LogP contribution in [0.25, 0.3) is 0 Å². The standard InChI is InChI=1S/C15H13ClFNO2/c16-13-6-12(17)5-4-10(13)7-18-8-11-2-1-3-14-15(11)20-9-19-14/h1-6,18H,7-9H2. The summed E-state index contributed by atoms with van der Waals surface area (Å²) in [5.41, 5.74) is 1.89. The van der Waals surface area contributed by atoms with Crippen LogP contribution in [0.5, 0.6) is 11.5 Å².